The van der Waals surface area contributed by atoms with Crippen LogP contribution in [0.5, 0.6) is 0 Å². The third kappa shape index (κ3) is 4.16. The standard InChI is InChI=1S/C22H27F7N4/c1-11(2)32-19-16(18(31-32)22(27,28)29)13(8-9-21(19,25)26)10-12(3)33-15-7-5-4-6-14(15)17(30-33)20(23)24/h11-13,20H,4-10H2,1-3H3. The second kappa shape index (κ2) is 8.30. The smallest absolute Gasteiger partial charge is 0.266 e. The first-order valence-electron chi connectivity index (χ1n) is 11.3. The van der Waals surface area contributed by atoms with E-state index in [0.717, 1.165) is 17.5 Å². The molecular weight excluding hydrogens is 453 g/mol. The zero-order valence-corrected chi connectivity index (χ0v) is 18.7. The van der Waals surface area contributed by atoms with Gasteiger partial charge in [-0.05, 0) is 65.2 Å². The van der Waals surface area contributed by atoms with Crippen LogP contribution in [0.15, 0.2) is 0 Å². The quantitative estimate of drug-likeness (QED) is 0.428. The number of halogens is 7. The molecule has 2 aliphatic rings. The lowest BCUT2D eigenvalue weighted by Gasteiger charge is -2.32. The predicted molar refractivity (Wildman–Crippen MR) is 107 cm³/mol. The molecule has 33 heavy (non-hydrogen) atoms. The van der Waals surface area contributed by atoms with Crippen molar-refractivity contribution in [2.45, 2.75) is 102 Å². The van der Waals surface area contributed by atoms with E-state index in [1.54, 1.807) is 6.92 Å². The molecule has 0 saturated heterocycles. The maximum absolute atomic E-state index is 14.8. The summed E-state index contributed by atoms with van der Waals surface area (Å²) >= 11 is 0. The maximum atomic E-state index is 14.8. The van der Waals surface area contributed by atoms with Crippen LogP contribution in [0.3, 0.4) is 0 Å². The highest BCUT2D eigenvalue weighted by atomic mass is 19.4. The van der Waals surface area contributed by atoms with Crippen LogP contribution >= 0.6 is 0 Å². The zero-order valence-electron chi connectivity index (χ0n) is 18.7. The Labute approximate surface area is 187 Å². The fraction of sp³-hybridized carbons (Fsp3) is 0.727. The third-order valence-electron chi connectivity index (χ3n) is 6.76. The van der Waals surface area contributed by atoms with Gasteiger partial charge in [0.25, 0.3) is 12.3 Å². The number of rotatable bonds is 5. The van der Waals surface area contributed by atoms with Crippen molar-refractivity contribution in [2.24, 2.45) is 0 Å². The highest BCUT2D eigenvalue weighted by Gasteiger charge is 2.51. The Hall–Kier alpha value is -2.07. The molecule has 2 heterocycles. The number of hydrogen-bond acceptors (Lipinski definition) is 2. The molecule has 2 unspecified atom stereocenters. The maximum Gasteiger partial charge on any atom is 0.435 e. The molecule has 2 atom stereocenters. The van der Waals surface area contributed by atoms with Gasteiger partial charge in [0.1, 0.15) is 11.4 Å². The number of nitrogens with zero attached hydrogens (tertiary/aromatic N) is 4. The molecule has 0 fully saturated rings. The van der Waals surface area contributed by atoms with E-state index in [0.29, 0.717) is 24.1 Å². The van der Waals surface area contributed by atoms with E-state index in [4.69, 9.17) is 0 Å². The first kappa shape index (κ1) is 24.1. The summed E-state index contributed by atoms with van der Waals surface area (Å²) in [5.41, 5.74) is -1.50. The molecule has 2 aromatic rings. The fourth-order valence-electron chi connectivity index (χ4n) is 5.34. The number of fused-ring (bicyclic) bond motifs is 2. The van der Waals surface area contributed by atoms with Crippen molar-refractivity contribution in [3.63, 3.8) is 0 Å². The first-order chi connectivity index (χ1) is 15.3. The van der Waals surface area contributed by atoms with E-state index in [1.807, 2.05) is 0 Å². The Morgan fingerprint density at radius 1 is 1.03 bits per heavy atom. The number of hydrogen-bond donors (Lipinski definition) is 0. The van der Waals surface area contributed by atoms with Gasteiger partial charge in [0.05, 0.1) is 0 Å². The zero-order chi connectivity index (χ0) is 24.3. The van der Waals surface area contributed by atoms with E-state index in [2.05, 4.69) is 10.2 Å². The molecule has 0 bridgehead atoms. The second-order valence-corrected chi connectivity index (χ2v) is 9.43. The monoisotopic (exact) mass is 480 g/mol. The molecule has 0 saturated carbocycles. The van der Waals surface area contributed by atoms with E-state index in [-0.39, 0.29) is 18.5 Å². The third-order valence-corrected chi connectivity index (χ3v) is 6.76. The predicted octanol–water partition coefficient (Wildman–Crippen LogP) is 7.12. The Kier molecular flexibility index (Phi) is 6.05. The van der Waals surface area contributed by atoms with Crippen LogP contribution in [0.25, 0.3) is 0 Å². The molecule has 0 N–H and O–H groups in total. The van der Waals surface area contributed by atoms with Gasteiger partial charge in [0.15, 0.2) is 5.69 Å². The molecule has 184 valence electrons. The first-order valence-corrected chi connectivity index (χ1v) is 11.3. The van der Waals surface area contributed by atoms with Gasteiger partial charge in [-0.25, -0.2) is 8.78 Å². The van der Waals surface area contributed by atoms with Gasteiger partial charge >= 0.3 is 6.18 Å². The van der Waals surface area contributed by atoms with Crippen molar-refractivity contribution >= 4 is 0 Å². The molecule has 4 rings (SSSR count). The SMILES string of the molecule is CC(C)n1nc(C(F)(F)F)c2c1C(F)(F)CCC2CC(C)n1nc(C(F)F)c2c1CCCC2. The van der Waals surface area contributed by atoms with Gasteiger partial charge in [0, 0.05) is 35.3 Å². The van der Waals surface area contributed by atoms with Crippen LogP contribution in [0.4, 0.5) is 30.7 Å². The fourth-order valence-corrected chi connectivity index (χ4v) is 5.34. The summed E-state index contributed by atoms with van der Waals surface area (Å²) in [7, 11) is 0. The van der Waals surface area contributed by atoms with Crippen LogP contribution in [0.2, 0.25) is 0 Å². The second-order valence-electron chi connectivity index (χ2n) is 9.43. The van der Waals surface area contributed by atoms with Crippen LogP contribution in [-0.4, -0.2) is 19.6 Å². The summed E-state index contributed by atoms with van der Waals surface area (Å²) in [6.45, 7) is 4.72. The minimum atomic E-state index is -4.88. The molecule has 0 aliphatic heterocycles. The van der Waals surface area contributed by atoms with Gasteiger partial charge in [0.2, 0.25) is 0 Å². The van der Waals surface area contributed by atoms with E-state index >= 15 is 0 Å². The van der Waals surface area contributed by atoms with Crippen molar-refractivity contribution in [3.05, 3.63) is 33.9 Å². The molecule has 0 amide bonds. The minimum absolute atomic E-state index is 0.0761. The molecule has 11 heteroatoms. The highest BCUT2D eigenvalue weighted by molar-refractivity contribution is 5.38. The van der Waals surface area contributed by atoms with E-state index in [9.17, 15) is 30.7 Å². The summed E-state index contributed by atoms with van der Waals surface area (Å²) in [4.78, 5) is 0. The topological polar surface area (TPSA) is 35.6 Å². The minimum Gasteiger partial charge on any atom is -0.266 e. The lowest BCUT2D eigenvalue weighted by Crippen LogP contribution is -2.29. The van der Waals surface area contributed by atoms with Gasteiger partial charge in [-0.2, -0.15) is 32.1 Å². The lowest BCUT2D eigenvalue weighted by atomic mass is 9.79. The average Bonchev–Trinajstić information content (AvgIpc) is 3.31. The van der Waals surface area contributed by atoms with Crippen molar-refractivity contribution in [1.82, 2.24) is 19.6 Å². The summed E-state index contributed by atoms with van der Waals surface area (Å²) < 4.78 is 101. The van der Waals surface area contributed by atoms with Crippen LogP contribution in [-0.2, 0) is 24.9 Å². The van der Waals surface area contributed by atoms with Crippen LogP contribution in [0.1, 0.15) is 111 Å². The molecule has 0 radical (unpaired) electrons. The number of aromatic nitrogens is 4. The van der Waals surface area contributed by atoms with Crippen LogP contribution in [0, 0.1) is 0 Å². The number of alkyl halides is 7. The summed E-state index contributed by atoms with van der Waals surface area (Å²) in [6, 6.07) is -1.21. The molecule has 2 aromatic heterocycles. The van der Waals surface area contributed by atoms with Crippen LogP contribution < -0.4 is 0 Å². The summed E-state index contributed by atoms with van der Waals surface area (Å²) in [6.07, 6.45) is -5.65. The Morgan fingerprint density at radius 3 is 2.30 bits per heavy atom. The van der Waals surface area contributed by atoms with Crippen molar-refractivity contribution < 1.29 is 30.7 Å². The van der Waals surface area contributed by atoms with Gasteiger partial charge in [-0.3, -0.25) is 9.36 Å². The molecule has 0 spiro atoms. The highest BCUT2D eigenvalue weighted by Crippen LogP contribution is 2.52. The molecule has 4 nitrogen and oxygen atoms in total. The Bertz CT molecular complexity index is 1020. The van der Waals surface area contributed by atoms with Gasteiger partial charge in [-0.1, -0.05) is 0 Å². The lowest BCUT2D eigenvalue weighted by molar-refractivity contribution is -0.142. The Balaban J connectivity index is 1.76. The summed E-state index contributed by atoms with van der Waals surface area (Å²) in [5, 5.41) is 7.70. The van der Waals surface area contributed by atoms with E-state index < -0.39 is 59.9 Å². The molecule has 0 aromatic carbocycles. The molecule has 2 aliphatic carbocycles. The molecular formula is C22H27F7N4. The Morgan fingerprint density at radius 2 is 1.70 bits per heavy atom. The van der Waals surface area contributed by atoms with Crippen molar-refractivity contribution in [1.29, 1.82) is 0 Å². The summed E-state index contributed by atoms with van der Waals surface area (Å²) in [5.74, 6) is -4.26. The van der Waals surface area contributed by atoms with Crippen molar-refractivity contribution in [3.8, 4) is 0 Å². The van der Waals surface area contributed by atoms with E-state index in [1.165, 1.54) is 18.5 Å². The van der Waals surface area contributed by atoms with Crippen molar-refractivity contribution in [2.75, 3.05) is 0 Å². The van der Waals surface area contributed by atoms with Gasteiger partial charge in [-0.15, -0.1) is 0 Å². The average molecular weight is 480 g/mol. The van der Waals surface area contributed by atoms with Gasteiger partial charge < -0.3 is 0 Å². The largest absolute Gasteiger partial charge is 0.435 e. The normalized spacial score (nSPS) is 21.4.